The van der Waals surface area contributed by atoms with E-state index in [4.69, 9.17) is 5.73 Å². The first-order chi connectivity index (χ1) is 7.10. The summed E-state index contributed by atoms with van der Waals surface area (Å²) in [5.41, 5.74) is 5.78. The van der Waals surface area contributed by atoms with Crippen LogP contribution in [0.15, 0.2) is 0 Å². The zero-order valence-electron chi connectivity index (χ0n) is 9.80. The summed E-state index contributed by atoms with van der Waals surface area (Å²) in [6.07, 6.45) is 8.70. The van der Waals surface area contributed by atoms with Crippen molar-refractivity contribution in [3.8, 4) is 0 Å². The molecule has 86 valence electrons. The molecule has 15 heavy (non-hydrogen) atoms. The Morgan fingerprint density at radius 2 is 2.13 bits per heavy atom. The number of carbonyl (C=O) groups is 1. The topological polar surface area (TPSA) is 43.1 Å². The summed E-state index contributed by atoms with van der Waals surface area (Å²) in [6.45, 7) is 2.22. The van der Waals surface area contributed by atoms with Gasteiger partial charge < -0.3 is 5.73 Å². The lowest BCUT2D eigenvalue weighted by molar-refractivity contribution is -0.126. The Morgan fingerprint density at radius 3 is 2.73 bits per heavy atom. The number of hydrogen-bond donors (Lipinski definition) is 1. The Hall–Kier alpha value is -0.370. The lowest BCUT2D eigenvalue weighted by atomic mass is 9.73. The van der Waals surface area contributed by atoms with E-state index < -0.39 is 5.54 Å². The van der Waals surface area contributed by atoms with E-state index in [2.05, 4.69) is 6.92 Å². The minimum absolute atomic E-state index is 0.334. The van der Waals surface area contributed by atoms with Crippen LogP contribution >= 0.6 is 0 Å². The molecule has 0 bridgehead atoms. The normalized spacial score (nSPS) is 36.5. The Balaban J connectivity index is 1.85. The smallest absolute Gasteiger partial charge is 0.152 e. The van der Waals surface area contributed by atoms with Gasteiger partial charge in [-0.2, -0.15) is 0 Å². The van der Waals surface area contributed by atoms with E-state index in [1.807, 2.05) is 0 Å². The first-order valence-corrected chi connectivity index (χ1v) is 6.42. The van der Waals surface area contributed by atoms with Crippen LogP contribution in [0.2, 0.25) is 0 Å². The van der Waals surface area contributed by atoms with Gasteiger partial charge in [0.15, 0.2) is 5.78 Å². The predicted molar refractivity (Wildman–Crippen MR) is 61.5 cm³/mol. The molecular weight excluding hydrogens is 186 g/mol. The monoisotopic (exact) mass is 209 g/mol. The van der Waals surface area contributed by atoms with Crippen molar-refractivity contribution in [3.63, 3.8) is 0 Å². The maximum Gasteiger partial charge on any atom is 0.152 e. The first-order valence-electron chi connectivity index (χ1n) is 6.42. The number of carbonyl (C=O) groups excluding carboxylic acids is 1. The molecule has 2 saturated carbocycles. The highest BCUT2D eigenvalue weighted by molar-refractivity contribution is 5.88. The molecule has 0 aromatic carbocycles. The predicted octanol–water partition coefficient (Wildman–Crippen LogP) is 2.65. The van der Waals surface area contributed by atoms with Crippen LogP contribution in [0.25, 0.3) is 0 Å². The van der Waals surface area contributed by atoms with Crippen molar-refractivity contribution in [2.45, 2.75) is 63.8 Å². The second kappa shape index (κ2) is 4.25. The fraction of sp³-hybridized carbons (Fsp3) is 0.923. The third-order valence-electron chi connectivity index (χ3n) is 4.06. The van der Waals surface area contributed by atoms with Crippen molar-refractivity contribution in [3.05, 3.63) is 0 Å². The Kier molecular flexibility index (Phi) is 3.15. The number of nitrogens with two attached hydrogens (primary N) is 1. The zero-order valence-corrected chi connectivity index (χ0v) is 9.80. The number of hydrogen-bond acceptors (Lipinski definition) is 2. The number of Topliss-reactive ketones (excluding diaryl/α,β-unsaturated/α-hetero) is 1. The molecule has 0 aromatic heterocycles. The molecule has 2 heteroatoms. The Morgan fingerprint density at radius 1 is 1.40 bits per heavy atom. The molecular formula is C13H23NO. The van der Waals surface area contributed by atoms with Crippen LogP contribution in [0.1, 0.15) is 58.3 Å². The van der Waals surface area contributed by atoms with Gasteiger partial charge in [-0.1, -0.05) is 32.6 Å². The fourth-order valence-electron chi connectivity index (χ4n) is 2.84. The van der Waals surface area contributed by atoms with Crippen molar-refractivity contribution in [1.82, 2.24) is 0 Å². The lowest BCUT2D eigenvalue weighted by Crippen LogP contribution is -2.51. The molecule has 2 rings (SSSR count). The largest absolute Gasteiger partial charge is 0.319 e. The molecule has 2 unspecified atom stereocenters. The van der Waals surface area contributed by atoms with Crippen LogP contribution in [0.4, 0.5) is 0 Å². The van der Waals surface area contributed by atoms with E-state index >= 15 is 0 Å². The minimum atomic E-state index is -0.466. The molecule has 2 nitrogen and oxygen atoms in total. The molecule has 0 saturated heterocycles. The van der Waals surface area contributed by atoms with E-state index in [9.17, 15) is 4.79 Å². The van der Waals surface area contributed by atoms with Gasteiger partial charge in [0, 0.05) is 6.42 Å². The van der Waals surface area contributed by atoms with Crippen molar-refractivity contribution < 1.29 is 4.79 Å². The molecule has 2 aliphatic rings. The summed E-state index contributed by atoms with van der Waals surface area (Å²) in [7, 11) is 0. The van der Waals surface area contributed by atoms with E-state index in [1.165, 1.54) is 19.3 Å². The highest BCUT2D eigenvalue weighted by atomic mass is 16.1. The lowest BCUT2D eigenvalue weighted by Gasteiger charge is -2.35. The first kappa shape index (κ1) is 11.1. The van der Waals surface area contributed by atoms with Gasteiger partial charge >= 0.3 is 0 Å². The maximum absolute atomic E-state index is 12.1. The van der Waals surface area contributed by atoms with Gasteiger partial charge in [-0.25, -0.2) is 0 Å². The molecule has 0 heterocycles. The molecule has 0 radical (unpaired) electrons. The minimum Gasteiger partial charge on any atom is -0.319 e. The van der Waals surface area contributed by atoms with Crippen molar-refractivity contribution in [1.29, 1.82) is 0 Å². The average molecular weight is 209 g/mol. The van der Waals surface area contributed by atoms with Crippen LogP contribution < -0.4 is 5.73 Å². The van der Waals surface area contributed by atoms with Gasteiger partial charge in [-0.15, -0.1) is 0 Å². The van der Waals surface area contributed by atoms with E-state index in [0.29, 0.717) is 11.7 Å². The summed E-state index contributed by atoms with van der Waals surface area (Å²) in [5, 5.41) is 0. The highest BCUT2D eigenvalue weighted by Crippen LogP contribution is 2.36. The summed E-state index contributed by atoms with van der Waals surface area (Å²) < 4.78 is 0. The van der Waals surface area contributed by atoms with Crippen LogP contribution in [-0.4, -0.2) is 11.3 Å². The van der Waals surface area contributed by atoms with Gasteiger partial charge in [0.25, 0.3) is 0 Å². The molecule has 2 fully saturated rings. The molecule has 2 aliphatic carbocycles. The standard InChI is InChI=1S/C13H23NO/c1-10-3-2-8-13(14,9-10)12(15)7-6-11-4-5-11/h10-11H,2-9,14H2,1H3. The molecule has 2 N–H and O–H groups in total. The summed E-state index contributed by atoms with van der Waals surface area (Å²) in [5.74, 6) is 1.81. The fourth-order valence-corrected chi connectivity index (χ4v) is 2.84. The van der Waals surface area contributed by atoms with Crippen LogP contribution in [0, 0.1) is 11.8 Å². The number of ketones is 1. The van der Waals surface area contributed by atoms with Gasteiger partial charge in [0.05, 0.1) is 5.54 Å². The summed E-state index contributed by atoms with van der Waals surface area (Å²) >= 11 is 0. The maximum atomic E-state index is 12.1. The summed E-state index contributed by atoms with van der Waals surface area (Å²) in [6, 6.07) is 0. The molecule has 0 aliphatic heterocycles. The van der Waals surface area contributed by atoms with E-state index in [1.54, 1.807) is 0 Å². The summed E-state index contributed by atoms with van der Waals surface area (Å²) in [4.78, 5) is 12.1. The SMILES string of the molecule is CC1CCCC(N)(C(=O)CCC2CC2)C1. The molecule has 0 aromatic rings. The third-order valence-corrected chi connectivity index (χ3v) is 4.06. The second-order valence-electron chi connectivity index (χ2n) is 5.76. The van der Waals surface area contributed by atoms with Crippen LogP contribution in [0.5, 0.6) is 0 Å². The second-order valence-corrected chi connectivity index (χ2v) is 5.76. The molecule has 2 atom stereocenters. The van der Waals surface area contributed by atoms with Crippen LogP contribution in [0.3, 0.4) is 0 Å². The van der Waals surface area contributed by atoms with Gasteiger partial charge in [0.2, 0.25) is 0 Å². The van der Waals surface area contributed by atoms with Crippen molar-refractivity contribution in [2.24, 2.45) is 17.6 Å². The van der Waals surface area contributed by atoms with Crippen molar-refractivity contribution in [2.75, 3.05) is 0 Å². The van der Waals surface area contributed by atoms with Crippen LogP contribution in [-0.2, 0) is 4.79 Å². The highest BCUT2D eigenvalue weighted by Gasteiger charge is 2.37. The average Bonchev–Trinajstić information content (AvgIpc) is 2.97. The Labute approximate surface area is 92.6 Å². The zero-order chi connectivity index (χ0) is 10.9. The quantitative estimate of drug-likeness (QED) is 0.773. The van der Waals surface area contributed by atoms with E-state index in [-0.39, 0.29) is 0 Å². The van der Waals surface area contributed by atoms with Gasteiger partial charge in [-0.3, -0.25) is 4.79 Å². The Bertz CT molecular complexity index is 247. The van der Waals surface area contributed by atoms with E-state index in [0.717, 1.165) is 38.0 Å². The molecule has 0 spiro atoms. The van der Waals surface area contributed by atoms with Gasteiger partial charge in [-0.05, 0) is 31.1 Å². The van der Waals surface area contributed by atoms with Crippen molar-refractivity contribution >= 4 is 5.78 Å². The number of rotatable bonds is 4. The molecule has 0 amide bonds. The third kappa shape index (κ3) is 2.81. The van der Waals surface area contributed by atoms with Gasteiger partial charge in [0.1, 0.15) is 0 Å².